The van der Waals surface area contributed by atoms with Gasteiger partial charge in [0.25, 0.3) is 5.91 Å². The van der Waals surface area contributed by atoms with Crippen LogP contribution in [0.4, 0.5) is 0 Å². The number of aryl methyl sites for hydroxylation is 2. The first-order valence-electron chi connectivity index (χ1n) is 7.01. The van der Waals surface area contributed by atoms with Crippen LogP contribution in [0.5, 0.6) is 0 Å². The van der Waals surface area contributed by atoms with Crippen LogP contribution in [0.1, 0.15) is 36.5 Å². The second-order valence-electron chi connectivity index (χ2n) is 5.51. The molecule has 0 saturated heterocycles. The van der Waals surface area contributed by atoms with Crippen LogP contribution in [0.3, 0.4) is 0 Å². The van der Waals surface area contributed by atoms with Gasteiger partial charge < -0.3 is 10.1 Å². The van der Waals surface area contributed by atoms with E-state index in [0.717, 1.165) is 24.0 Å². The van der Waals surface area contributed by atoms with Gasteiger partial charge in [0.15, 0.2) is 6.10 Å². The Hall–Kier alpha value is -1.84. The molecule has 0 heterocycles. The Balaban J connectivity index is 1.84. The first-order valence-corrected chi connectivity index (χ1v) is 7.01. The zero-order valence-electron chi connectivity index (χ0n) is 12.2. The van der Waals surface area contributed by atoms with E-state index < -0.39 is 6.10 Å². The van der Waals surface area contributed by atoms with E-state index in [1.165, 1.54) is 5.56 Å². The van der Waals surface area contributed by atoms with Crippen LogP contribution in [0, 0.1) is 13.8 Å². The van der Waals surface area contributed by atoms with Gasteiger partial charge >= 0.3 is 5.97 Å². The van der Waals surface area contributed by atoms with Crippen LogP contribution in [0.15, 0.2) is 18.2 Å². The van der Waals surface area contributed by atoms with Gasteiger partial charge in [0.05, 0.1) is 6.42 Å². The standard InChI is InChI=1S/C16H21NO3/c1-10-4-5-13(8-11(10)2)9-15(18)20-12(3)16(19)17-14-6-7-14/h4-5,8,12,14H,6-7,9H2,1-3H3,(H,17,19)/t12-/m1/s1. The topological polar surface area (TPSA) is 55.4 Å². The minimum Gasteiger partial charge on any atom is -0.452 e. The molecule has 1 fully saturated rings. The predicted molar refractivity (Wildman–Crippen MR) is 76.3 cm³/mol. The van der Waals surface area contributed by atoms with Crippen molar-refractivity contribution in [3.05, 3.63) is 34.9 Å². The molecule has 1 aromatic carbocycles. The number of rotatable bonds is 5. The van der Waals surface area contributed by atoms with Gasteiger partial charge in [0.1, 0.15) is 0 Å². The van der Waals surface area contributed by atoms with Crippen LogP contribution in [0.25, 0.3) is 0 Å². The highest BCUT2D eigenvalue weighted by molar-refractivity contribution is 5.84. The summed E-state index contributed by atoms with van der Waals surface area (Å²) in [6.07, 6.45) is 1.52. The summed E-state index contributed by atoms with van der Waals surface area (Å²) in [7, 11) is 0. The number of hydrogen-bond donors (Lipinski definition) is 1. The highest BCUT2D eigenvalue weighted by atomic mass is 16.5. The number of amides is 1. The Morgan fingerprint density at radius 3 is 2.60 bits per heavy atom. The first kappa shape index (κ1) is 14.6. The molecule has 0 aliphatic heterocycles. The molecule has 1 atom stereocenters. The molecule has 1 N–H and O–H groups in total. The van der Waals surface area contributed by atoms with Crippen molar-refractivity contribution in [2.45, 2.75) is 52.2 Å². The molecule has 1 amide bonds. The summed E-state index contributed by atoms with van der Waals surface area (Å²) >= 11 is 0. The van der Waals surface area contributed by atoms with E-state index in [-0.39, 0.29) is 24.3 Å². The molecule has 4 heteroatoms. The summed E-state index contributed by atoms with van der Waals surface area (Å²) in [5.74, 6) is -0.576. The third-order valence-electron chi connectivity index (χ3n) is 3.52. The lowest BCUT2D eigenvalue weighted by molar-refractivity contribution is -0.154. The average Bonchev–Trinajstić information content (AvgIpc) is 3.17. The minimum absolute atomic E-state index is 0.197. The molecule has 1 aliphatic rings. The maximum Gasteiger partial charge on any atom is 0.311 e. The monoisotopic (exact) mass is 275 g/mol. The van der Waals surface area contributed by atoms with Gasteiger partial charge in [-0.3, -0.25) is 9.59 Å². The fourth-order valence-electron chi connectivity index (χ4n) is 1.92. The smallest absolute Gasteiger partial charge is 0.311 e. The molecule has 0 unspecified atom stereocenters. The van der Waals surface area contributed by atoms with E-state index in [2.05, 4.69) is 5.32 Å². The van der Waals surface area contributed by atoms with Gasteiger partial charge in [-0.2, -0.15) is 0 Å². The van der Waals surface area contributed by atoms with Gasteiger partial charge in [0.2, 0.25) is 0 Å². The molecule has 20 heavy (non-hydrogen) atoms. The summed E-state index contributed by atoms with van der Waals surface area (Å²) in [5, 5.41) is 2.82. The number of ether oxygens (including phenoxy) is 1. The molecule has 0 radical (unpaired) electrons. The van der Waals surface area contributed by atoms with Gasteiger partial charge in [-0.25, -0.2) is 0 Å². The number of hydrogen-bond acceptors (Lipinski definition) is 3. The molecule has 0 bridgehead atoms. The average molecular weight is 275 g/mol. The lowest BCUT2D eigenvalue weighted by Crippen LogP contribution is -2.37. The predicted octanol–water partition coefficient (Wildman–Crippen LogP) is 2.06. The molecule has 1 saturated carbocycles. The number of carbonyl (C=O) groups is 2. The minimum atomic E-state index is -0.727. The lowest BCUT2D eigenvalue weighted by Gasteiger charge is -2.13. The first-order chi connectivity index (χ1) is 9.45. The summed E-state index contributed by atoms with van der Waals surface area (Å²) in [6.45, 7) is 5.65. The van der Waals surface area contributed by atoms with Crippen molar-refractivity contribution in [2.24, 2.45) is 0 Å². The second kappa shape index (κ2) is 6.07. The summed E-state index contributed by atoms with van der Waals surface area (Å²) in [5.41, 5.74) is 3.25. The maximum absolute atomic E-state index is 11.8. The van der Waals surface area contributed by atoms with E-state index in [9.17, 15) is 9.59 Å². The van der Waals surface area contributed by atoms with Crippen molar-refractivity contribution in [2.75, 3.05) is 0 Å². The largest absolute Gasteiger partial charge is 0.452 e. The number of benzene rings is 1. The summed E-state index contributed by atoms with van der Waals surface area (Å²) in [6, 6.07) is 6.16. The molecule has 108 valence electrons. The van der Waals surface area contributed by atoms with E-state index in [1.54, 1.807) is 6.92 Å². The van der Waals surface area contributed by atoms with Crippen molar-refractivity contribution in [1.29, 1.82) is 0 Å². The van der Waals surface area contributed by atoms with Crippen LogP contribution < -0.4 is 5.32 Å². The Labute approximate surface area is 119 Å². The van der Waals surface area contributed by atoms with Gasteiger partial charge in [-0.15, -0.1) is 0 Å². The van der Waals surface area contributed by atoms with Crippen molar-refractivity contribution in [1.82, 2.24) is 5.32 Å². The number of esters is 1. The fraction of sp³-hybridized carbons (Fsp3) is 0.500. The molecule has 0 spiro atoms. The zero-order chi connectivity index (χ0) is 14.7. The normalized spacial score (nSPS) is 15.6. The highest BCUT2D eigenvalue weighted by Crippen LogP contribution is 2.19. The van der Waals surface area contributed by atoms with Crippen LogP contribution >= 0.6 is 0 Å². The Bertz CT molecular complexity index is 520. The number of nitrogens with one attached hydrogen (secondary N) is 1. The molecule has 1 aromatic rings. The zero-order valence-corrected chi connectivity index (χ0v) is 12.2. The fourth-order valence-corrected chi connectivity index (χ4v) is 1.92. The quantitative estimate of drug-likeness (QED) is 0.837. The third kappa shape index (κ3) is 4.08. The lowest BCUT2D eigenvalue weighted by atomic mass is 10.0. The van der Waals surface area contributed by atoms with E-state index in [0.29, 0.717) is 0 Å². The molecule has 0 aromatic heterocycles. The van der Waals surface area contributed by atoms with Crippen molar-refractivity contribution in [3.63, 3.8) is 0 Å². The second-order valence-corrected chi connectivity index (χ2v) is 5.51. The van der Waals surface area contributed by atoms with Crippen LogP contribution in [-0.4, -0.2) is 24.0 Å². The van der Waals surface area contributed by atoms with Gasteiger partial charge in [-0.1, -0.05) is 18.2 Å². The van der Waals surface area contributed by atoms with E-state index >= 15 is 0 Å². The molecule has 2 rings (SSSR count). The van der Waals surface area contributed by atoms with Crippen LogP contribution in [0.2, 0.25) is 0 Å². The van der Waals surface area contributed by atoms with Crippen molar-refractivity contribution >= 4 is 11.9 Å². The molecular weight excluding hydrogens is 254 g/mol. The highest BCUT2D eigenvalue weighted by Gasteiger charge is 2.27. The van der Waals surface area contributed by atoms with E-state index in [1.807, 2.05) is 32.0 Å². The Morgan fingerprint density at radius 2 is 2.00 bits per heavy atom. The number of carbonyl (C=O) groups excluding carboxylic acids is 2. The van der Waals surface area contributed by atoms with Crippen molar-refractivity contribution < 1.29 is 14.3 Å². The van der Waals surface area contributed by atoms with Gasteiger partial charge in [-0.05, 0) is 50.3 Å². The summed E-state index contributed by atoms with van der Waals surface area (Å²) < 4.78 is 5.16. The molecule has 4 nitrogen and oxygen atoms in total. The van der Waals surface area contributed by atoms with E-state index in [4.69, 9.17) is 4.74 Å². The molecule has 1 aliphatic carbocycles. The summed E-state index contributed by atoms with van der Waals surface area (Å²) in [4.78, 5) is 23.5. The van der Waals surface area contributed by atoms with Crippen molar-refractivity contribution in [3.8, 4) is 0 Å². The Kier molecular flexibility index (Phi) is 4.42. The maximum atomic E-state index is 11.8. The molecular formula is C16H21NO3. The Morgan fingerprint density at radius 1 is 1.30 bits per heavy atom. The van der Waals surface area contributed by atoms with Crippen LogP contribution in [-0.2, 0) is 20.7 Å². The van der Waals surface area contributed by atoms with Gasteiger partial charge in [0, 0.05) is 6.04 Å². The third-order valence-corrected chi connectivity index (χ3v) is 3.52. The SMILES string of the molecule is Cc1ccc(CC(=O)O[C@H](C)C(=O)NC2CC2)cc1C.